The number of halogens is 1. The molecule has 0 radical (unpaired) electrons. The van der Waals surface area contributed by atoms with Crippen LogP contribution >= 0.6 is 11.6 Å². The molecule has 0 aliphatic rings. The Hall–Kier alpha value is -2.86. The van der Waals surface area contributed by atoms with Crippen LogP contribution in [0.15, 0.2) is 42.5 Å². The number of allylic oxidation sites excluding steroid dienone is 1. The standard InChI is InChI=1S/C18H16ClNO5/c1-3-25-18-15(19)10-12(11-17(18)24-2)4-9-16(21)13-5-7-14(8-6-13)20(22)23/h4-11H,3H2,1-2H3/b9-4+. The molecule has 0 N–H and O–H groups in total. The predicted molar refractivity (Wildman–Crippen MR) is 95.6 cm³/mol. The van der Waals surface area contributed by atoms with Crippen LogP contribution in [0, 0.1) is 10.1 Å². The number of non-ortho nitro benzene ring substituents is 1. The molecule has 7 heteroatoms. The van der Waals surface area contributed by atoms with Gasteiger partial charge in [-0.1, -0.05) is 17.7 Å². The minimum absolute atomic E-state index is 0.0661. The number of nitro benzene ring substituents is 1. The highest BCUT2D eigenvalue weighted by Gasteiger charge is 2.11. The van der Waals surface area contributed by atoms with Crippen molar-refractivity contribution in [3.8, 4) is 11.5 Å². The van der Waals surface area contributed by atoms with E-state index in [4.69, 9.17) is 21.1 Å². The van der Waals surface area contributed by atoms with Crippen molar-refractivity contribution in [3.63, 3.8) is 0 Å². The number of rotatable bonds is 7. The normalized spacial score (nSPS) is 10.7. The van der Waals surface area contributed by atoms with Crippen LogP contribution in [0.4, 0.5) is 5.69 Å². The van der Waals surface area contributed by atoms with Gasteiger partial charge in [-0.15, -0.1) is 0 Å². The lowest BCUT2D eigenvalue weighted by atomic mass is 10.1. The lowest BCUT2D eigenvalue weighted by Crippen LogP contribution is -1.97. The van der Waals surface area contributed by atoms with E-state index in [2.05, 4.69) is 0 Å². The fourth-order valence-electron chi connectivity index (χ4n) is 2.14. The van der Waals surface area contributed by atoms with Crippen molar-refractivity contribution < 1.29 is 19.2 Å². The molecule has 130 valence electrons. The van der Waals surface area contributed by atoms with Crippen LogP contribution in [0.5, 0.6) is 11.5 Å². The van der Waals surface area contributed by atoms with E-state index in [0.29, 0.717) is 34.3 Å². The van der Waals surface area contributed by atoms with Crippen LogP contribution in [0.2, 0.25) is 5.02 Å². The molecule has 2 rings (SSSR count). The second-order valence-electron chi connectivity index (χ2n) is 4.97. The van der Waals surface area contributed by atoms with Crippen LogP contribution in [0.25, 0.3) is 6.08 Å². The smallest absolute Gasteiger partial charge is 0.269 e. The summed E-state index contributed by atoms with van der Waals surface area (Å²) in [6.07, 6.45) is 2.96. The predicted octanol–water partition coefficient (Wildman–Crippen LogP) is 4.55. The zero-order valence-corrected chi connectivity index (χ0v) is 14.4. The number of hydrogen-bond donors (Lipinski definition) is 0. The van der Waals surface area contributed by atoms with Gasteiger partial charge in [-0.2, -0.15) is 0 Å². The Balaban J connectivity index is 2.21. The molecule has 0 aliphatic heterocycles. The van der Waals surface area contributed by atoms with Crippen LogP contribution in [0.1, 0.15) is 22.8 Å². The summed E-state index contributed by atoms with van der Waals surface area (Å²) in [5.41, 5.74) is 0.954. The van der Waals surface area contributed by atoms with Crippen LogP contribution in [-0.2, 0) is 0 Å². The van der Waals surface area contributed by atoms with Gasteiger partial charge in [0.1, 0.15) is 0 Å². The third-order valence-corrected chi connectivity index (χ3v) is 3.61. The molecular formula is C18H16ClNO5. The van der Waals surface area contributed by atoms with E-state index in [-0.39, 0.29) is 11.5 Å². The maximum Gasteiger partial charge on any atom is 0.269 e. The first-order valence-electron chi connectivity index (χ1n) is 7.43. The van der Waals surface area contributed by atoms with Gasteiger partial charge in [0, 0.05) is 17.7 Å². The Morgan fingerprint density at radius 1 is 1.28 bits per heavy atom. The van der Waals surface area contributed by atoms with Gasteiger partial charge in [0.25, 0.3) is 5.69 Å². The van der Waals surface area contributed by atoms with Crippen molar-refractivity contribution in [3.05, 3.63) is 68.7 Å². The number of methoxy groups -OCH3 is 1. The number of ketones is 1. The highest BCUT2D eigenvalue weighted by atomic mass is 35.5. The van der Waals surface area contributed by atoms with E-state index in [1.807, 2.05) is 6.92 Å². The summed E-state index contributed by atoms with van der Waals surface area (Å²) in [6, 6.07) is 8.77. The molecule has 2 aromatic rings. The van der Waals surface area contributed by atoms with Gasteiger partial charge in [-0.05, 0) is 42.8 Å². The lowest BCUT2D eigenvalue weighted by Gasteiger charge is -2.11. The van der Waals surface area contributed by atoms with Crippen LogP contribution in [-0.4, -0.2) is 24.4 Å². The second kappa shape index (κ2) is 8.30. The summed E-state index contributed by atoms with van der Waals surface area (Å²) < 4.78 is 10.7. The number of hydrogen-bond acceptors (Lipinski definition) is 5. The van der Waals surface area contributed by atoms with E-state index in [9.17, 15) is 14.9 Å². The Morgan fingerprint density at radius 3 is 2.52 bits per heavy atom. The molecular weight excluding hydrogens is 346 g/mol. The molecule has 0 heterocycles. The molecule has 0 bridgehead atoms. The van der Waals surface area contributed by atoms with Crippen molar-refractivity contribution in [1.82, 2.24) is 0 Å². The fourth-order valence-corrected chi connectivity index (χ4v) is 2.41. The van der Waals surface area contributed by atoms with Gasteiger partial charge in [-0.25, -0.2) is 0 Å². The van der Waals surface area contributed by atoms with Crippen molar-refractivity contribution in [2.75, 3.05) is 13.7 Å². The Bertz CT molecular complexity index is 815. The van der Waals surface area contributed by atoms with Crippen LogP contribution < -0.4 is 9.47 Å². The molecule has 0 atom stereocenters. The van der Waals surface area contributed by atoms with E-state index in [1.54, 1.807) is 18.2 Å². The average molecular weight is 362 g/mol. The van der Waals surface area contributed by atoms with Crippen molar-refractivity contribution in [1.29, 1.82) is 0 Å². The van der Waals surface area contributed by atoms with Crippen molar-refractivity contribution in [2.24, 2.45) is 0 Å². The highest BCUT2D eigenvalue weighted by molar-refractivity contribution is 6.32. The zero-order valence-electron chi connectivity index (χ0n) is 13.7. The number of nitrogens with zero attached hydrogens (tertiary/aromatic N) is 1. The quantitative estimate of drug-likeness (QED) is 0.313. The fraction of sp³-hybridized carbons (Fsp3) is 0.167. The van der Waals surface area contributed by atoms with E-state index in [1.165, 1.54) is 37.5 Å². The summed E-state index contributed by atoms with van der Waals surface area (Å²) in [7, 11) is 1.50. The van der Waals surface area contributed by atoms with Gasteiger partial charge in [0.2, 0.25) is 0 Å². The molecule has 0 unspecified atom stereocenters. The van der Waals surface area contributed by atoms with Crippen molar-refractivity contribution >= 4 is 29.1 Å². The summed E-state index contributed by atoms with van der Waals surface area (Å²) in [6.45, 7) is 2.29. The van der Waals surface area contributed by atoms with E-state index < -0.39 is 4.92 Å². The van der Waals surface area contributed by atoms with E-state index >= 15 is 0 Å². The lowest BCUT2D eigenvalue weighted by molar-refractivity contribution is -0.384. The highest BCUT2D eigenvalue weighted by Crippen LogP contribution is 2.36. The SMILES string of the molecule is CCOc1c(Cl)cc(/C=C/C(=O)c2ccc([N+](=O)[O-])cc2)cc1OC. The molecule has 6 nitrogen and oxygen atoms in total. The third-order valence-electron chi connectivity index (χ3n) is 3.33. The first-order chi connectivity index (χ1) is 12.0. The maximum atomic E-state index is 12.2. The number of carbonyl (C=O) groups excluding carboxylic acids is 1. The molecule has 0 aromatic heterocycles. The first-order valence-corrected chi connectivity index (χ1v) is 7.81. The summed E-state index contributed by atoms with van der Waals surface area (Å²) in [5.74, 6) is 0.640. The molecule has 0 amide bonds. The van der Waals surface area contributed by atoms with Gasteiger partial charge in [0.15, 0.2) is 17.3 Å². The van der Waals surface area contributed by atoms with Crippen molar-refractivity contribution in [2.45, 2.75) is 6.92 Å². The van der Waals surface area contributed by atoms with Gasteiger partial charge in [-0.3, -0.25) is 14.9 Å². The molecule has 0 saturated heterocycles. The average Bonchev–Trinajstić information content (AvgIpc) is 2.61. The third kappa shape index (κ3) is 4.58. The molecule has 0 fully saturated rings. The van der Waals surface area contributed by atoms with Gasteiger partial charge >= 0.3 is 0 Å². The molecule has 0 saturated carbocycles. The molecule has 25 heavy (non-hydrogen) atoms. The number of benzene rings is 2. The molecule has 2 aromatic carbocycles. The summed E-state index contributed by atoms with van der Waals surface area (Å²) >= 11 is 6.18. The Morgan fingerprint density at radius 2 is 1.96 bits per heavy atom. The minimum Gasteiger partial charge on any atom is -0.493 e. The number of nitro groups is 1. The molecule has 0 aliphatic carbocycles. The van der Waals surface area contributed by atoms with Crippen LogP contribution in [0.3, 0.4) is 0 Å². The first kappa shape index (κ1) is 18.5. The minimum atomic E-state index is -0.516. The topological polar surface area (TPSA) is 78.7 Å². The van der Waals surface area contributed by atoms with E-state index in [0.717, 1.165) is 0 Å². The zero-order chi connectivity index (χ0) is 18.4. The maximum absolute atomic E-state index is 12.2. The van der Waals surface area contributed by atoms with Gasteiger partial charge < -0.3 is 9.47 Å². The number of carbonyl (C=O) groups is 1. The van der Waals surface area contributed by atoms with Gasteiger partial charge in [0.05, 0.1) is 23.7 Å². The molecule has 0 spiro atoms. The second-order valence-corrected chi connectivity index (χ2v) is 5.38. The Labute approximate surface area is 149 Å². The Kier molecular flexibility index (Phi) is 6.14. The summed E-state index contributed by atoms with van der Waals surface area (Å²) in [5, 5.41) is 11.0. The monoisotopic (exact) mass is 361 g/mol. The summed E-state index contributed by atoms with van der Waals surface area (Å²) in [4.78, 5) is 22.3. The largest absolute Gasteiger partial charge is 0.493 e. The number of ether oxygens (including phenoxy) is 2.